The molecule has 1 saturated heterocycles. The molecular formula is C14H17N4NaO9S. The van der Waals surface area contributed by atoms with Gasteiger partial charge in [0, 0.05) is 6.07 Å². The van der Waals surface area contributed by atoms with Crippen LogP contribution in [0.5, 0.6) is 5.75 Å². The van der Waals surface area contributed by atoms with Gasteiger partial charge >= 0.3 is 46.0 Å². The van der Waals surface area contributed by atoms with E-state index in [0.717, 1.165) is 17.2 Å². The maximum atomic E-state index is 12.5. The summed E-state index contributed by atoms with van der Waals surface area (Å²) in [5.41, 5.74) is -0.303. The van der Waals surface area contributed by atoms with E-state index in [1.807, 2.05) is 0 Å². The minimum Gasteiger partial charge on any atom is -1.00 e. The summed E-state index contributed by atoms with van der Waals surface area (Å²) in [5, 5.41) is 21.8. The van der Waals surface area contributed by atoms with Crippen LogP contribution in [0.3, 0.4) is 0 Å². The molecule has 0 unspecified atom stereocenters. The molecule has 0 radical (unpaired) electrons. The Balaban J connectivity index is 0.00000225. The quantitative estimate of drug-likeness (QED) is 0.153. The minimum atomic E-state index is -4.93. The molecule has 29 heavy (non-hydrogen) atoms. The van der Waals surface area contributed by atoms with E-state index in [1.165, 1.54) is 6.08 Å². The molecule has 15 heteroatoms. The predicted molar refractivity (Wildman–Crippen MR) is 90.4 cm³/mol. The molecule has 3 amide bonds. The number of pyridine rings is 1. The van der Waals surface area contributed by atoms with Crippen molar-refractivity contribution in [2.75, 3.05) is 6.54 Å². The van der Waals surface area contributed by atoms with E-state index < -0.39 is 45.6 Å². The molecule has 1 fully saturated rings. The zero-order valence-corrected chi connectivity index (χ0v) is 18.2. The van der Waals surface area contributed by atoms with E-state index in [0.29, 0.717) is 15.4 Å². The molecule has 1 aromatic heterocycles. The summed E-state index contributed by atoms with van der Waals surface area (Å²) in [4.78, 5) is 37.4. The van der Waals surface area contributed by atoms with E-state index in [-0.39, 0.29) is 49.8 Å². The predicted octanol–water partition coefficient (Wildman–Crippen LogP) is -4.31. The molecule has 0 saturated carbocycles. The van der Waals surface area contributed by atoms with E-state index in [4.69, 9.17) is 4.55 Å². The minimum absolute atomic E-state index is 0. The Morgan fingerprint density at radius 1 is 1.41 bits per heavy atom. The monoisotopic (exact) mass is 440 g/mol. The Kier molecular flexibility index (Phi) is 6.66. The van der Waals surface area contributed by atoms with Crippen LogP contribution < -0.4 is 40.3 Å². The fraction of sp³-hybridized carbons (Fsp3) is 0.357. The van der Waals surface area contributed by atoms with Crippen molar-refractivity contribution >= 4 is 22.3 Å². The third kappa shape index (κ3) is 4.73. The summed E-state index contributed by atoms with van der Waals surface area (Å²) in [6.07, 6.45) is 2.20. The van der Waals surface area contributed by atoms with Gasteiger partial charge in [-0.3, -0.25) is 14.1 Å². The van der Waals surface area contributed by atoms with Gasteiger partial charge in [0.25, 0.3) is 0 Å². The number of rotatable bonds is 5. The van der Waals surface area contributed by atoms with Gasteiger partial charge in [-0.15, -0.1) is 4.28 Å². The summed E-state index contributed by atoms with van der Waals surface area (Å²) in [6.45, 7) is 1.23. The fourth-order valence-corrected chi connectivity index (χ4v) is 3.35. The van der Waals surface area contributed by atoms with Gasteiger partial charge in [0.05, 0.1) is 25.0 Å². The summed E-state index contributed by atoms with van der Waals surface area (Å²) in [6, 6.07) is -1.90. The van der Waals surface area contributed by atoms with E-state index in [1.54, 1.807) is 6.92 Å². The average Bonchev–Trinajstić information content (AvgIpc) is 2.85. The Morgan fingerprint density at radius 2 is 2.07 bits per heavy atom. The zero-order chi connectivity index (χ0) is 20.8. The Labute approximate surface area is 187 Å². The summed E-state index contributed by atoms with van der Waals surface area (Å²) in [7, 11) is -4.93. The molecule has 1 aromatic rings. The maximum Gasteiger partial charge on any atom is 1.00 e. The number of amides is 3. The number of aromatic hydroxyl groups is 1. The van der Waals surface area contributed by atoms with Gasteiger partial charge in [-0.2, -0.15) is 18.2 Å². The van der Waals surface area contributed by atoms with Gasteiger partial charge in [-0.25, -0.2) is 4.79 Å². The smallest absolute Gasteiger partial charge is 1.00 e. The molecule has 2 aliphatic rings. The van der Waals surface area contributed by atoms with Crippen LogP contribution in [0.4, 0.5) is 4.79 Å². The number of urea groups is 1. The van der Waals surface area contributed by atoms with Crippen LogP contribution in [0, 0.1) is 0 Å². The largest absolute Gasteiger partial charge is 1.00 e. The standard InChI is InChI=1S/C14H16N4O9S.Na.H/c1-7-2-9(16-5-10(7)18(14(16)22)27-28(24,25)26)13(21)15-4-8-3-11(19)12(20)6-17(8)23;;/h2-3,6,9-10,20,23H,4-5H2,1H3,(H,15,21)(H,24,25,26);;/q;+1;-1/t9-,10-;;/m0../s1. The number of nitrogens with one attached hydrogen (secondary N) is 1. The molecule has 154 valence electrons. The number of carbonyl (C=O) groups is 2. The Bertz CT molecular complexity index is 1040. The van der Waals surface area contributed by atoms with Crippen molar-refractivity contribution in [1.82, 2.24) is 20.0 Å². The molecule has 0 spiro atoms. The number of fused-ring (bicyclic) bond motifs is 2. The van der Waals surface area contributed by atoms with Crippen molar-refractivity contribution in [3.8, 4) is 5.75 Å². The molecule has 0 aliphatic carbocycles. The van der Waals surface area contributed by atoms with Crippen molar-refractivity contribution in [3.05, 3.63) is 39.8 Å². The van der Waals surface area contributed by atoms with Crippen molar-refractivity contribution in [2.45, 2.75) is 25.6 Å². The van der Waals surface area contributed by atoms with Crippen molar-refractivity contribution in [1.29, 1.82) is 0 Å². The topological polar surface area (TPSA) is 179 Å². The van der Waals surface area contributed by atoms with Crippen molar-refractivity contribution in [3.63, 3.8) is 0 Å². The van der Waals surface area contributed by atoms with Crippen LogP contribution in [-0.4, -0.2) is 68.5 Å². The number of nitrogens with zero attached hydrogens (tertiary/aromatic N) is 3. The number of aromatic nitrogens is 1. The summed E-state index contributed by atoms with van der Waals surface area (Å²) in [5.74, 6) is -1.34. The molecule has 2 atom stereocenters. The summed E-state index contributed by atoms with van der Waals surface area (Å²) >= 11 is 0. The first-order chi connectivity index (χ1) is 13.0. The number of hydroxylamine groups is 2. The normalized spacial score (nSPS) is 20.9. The third-order valence-electron chi connectivity index (χ3n) is 4.34. The van der Waals surface area contributed by atoms with Gasteiger partial charge < -0.3 is 22.0 Å². The van der Waals surface area contributed by atoms with E-state index in [9.17, 15) is 33.1 Å². The molecular weight excluding hydrogens is 423 g/mol. The van der Waals surface area contributed by atoms with Gasteiger partial charge in [0.1, 0.15) is 12.1 Å². The molecule has 13 nitrogen and oxygen atoms in total. The molecule has 2 aliphatic heterocycles. The molecule has 4 N–H and O–H groups in total. The van der Waals surface area contributed by atoms with Crippen LogP contribution in [0.25, 0.3) is 0 Å². The van der Waals surface area contributed by atoms with Gasteiger partial charge in [-0.1, -0.05) is 6.08 Å². The van der Waals surface area contributed by atoms with Crippen LogP contribution in [0.2, 0.25) is 0 Å². The van der Waals surface area contributed by atoms with Crippen LogP contribution in [0.15, 0.2) is 28.7 Å². The van der Waals surface area contributed by atoms with Crippen molar-refractivity contribution < 1.29 is 68.1 Å². The second kappa shape index (κ2) is 8.33. The molecule has 3 rings (SSSR count). The zero-order valence-electron chi connectivity index (χ0n) is 16.3. The number of carbonyl (C=O) groups excluding carboxylic acids is 2. The van der Waals surface area contributed by atoms with Gasteiger partial charge in [0.15, 0.2) is 5.75 Å². The second-order valence-electron chi connectivity index (χ2n) is 6.21. The third-order valence-corrected chi connectivity index (χ3v) is 4.69. The van der Waals surface area contributed by atoms with Gasteiger partial charge in [0.2, 0.25) is 11.3 Å². The summed E-state index contributed by atoms with van der Waals surface area (Å²) < 4.78 is 35.5. The van der Waals surface area contributed by atoms with Crippen molar-refractivity contribution in [2.24, 2.45) is 0 Å². The van der Waals surface area contributed by atoms with Crippen LogP contribution >= 0.6 is 0 Å². The second-order valence-corrected chi connectivity index (χ2v) is 7.22. The average molecular weight is 440 g/mol. The van der Waals surface area contributed by atoms with Crippen LogP contribution in [0.1, 0.15) is 14.0 Å². The number of hydrogen-bond acceptors (Lipinski definition) is 8. The van der Waals surface area contributed by atoms with E-state index in [2.05, 4.69) is 9.60 Å². The Hall–Kier alpha value is -2.10. The first-order valence-electron chi connectivity index (χ1n) is 7.84. The first kappa shape index (κ1) is 23.2. The molecule has 0 aromatic carbocycles. The number of hydrogen-bond donors (Lipinski definition) is 4. The van der Waals surface area contributed by atoms with E-state index >= 15 is 0 Å². The maximum absolute atomic E-state index is 12.5. The molecule has 2 bridgehead atoms. The Morgan fingerprint density at radius 3 is 2.69 bits per heavy atom. The SMILES string of the molecule is CC1=C[C@@H](C(=O)NCc2cc(=O)c(O)cn2O)N2C[C@@H]1N(OS(=O)(=O)O)C2=O.[H-].[Na+]. The molecule has 3 heterocycles. The van der Waals surface area contributed by atoms with Crippen LogP contribution in [-0.2, 0) is 26.0 Å². The van der Waals surface area contributed by atoms with Gasteiger partial charge in [-0.05, 0) is 12.5 Å². The fourth-order valence-electron chi connectivity index (χ4n) is 2.98. The first-order valence-corrected chi connectivity index (χ1v) is 9.21.